The Bertz CT molecular complexity index is 241. The van der Waals surface area contributed by atoms with Crippen molar-refractivity contribution >= 4 is 35.1 Å². The van der Waals surface area contributed by atoms with E-state index in [0.29, 0.717) is 32.1 Å². The number of esters is 2. The number of carbonyl (C=O) groups excluding carboxylic acids is 2. The first-order valence-electron chi connectivity index (χ1n) is 6.51. The minimum atomic E-state index is -0.269. The molecule has 0 N–H and O–H groups in total. The van der Waals surface area contributed by atoms with Gasteiger partial charge >= 0.3 is 11.9 Å². The summed E-state index contributed by atoms with van der Waals surface area (Å²) in [6.45, 7) is 4.18. The molecule has 112 valence electrons. The molecule has 0 aromatic carbocycles. The standard InChI is InChI=1S/C13H22Cl2O4/c1-10(14)4-6-12(16)18-8-3-9-19-13(17)7-5-11(2)15/h10-11H,3-9H2,1-2H3. The molecule has 4 nitrogen and oxygen atoms in total. The molecule has 0 saturated heterocycles. The number of hydrogen-bond acceptors (Lipinski definition) is 4. The van der Waals surface area contributed by atoms with Crippen molar-refractivity contribution in [2.75, 3.05) is 13.2 Å². The quantitative estimate of drug-likeness (QED) is 0.353. The van der Waals surface area contributed by atoms with Crippen LogP contribution < -0.4 is 0 Å². The molecule has 0 heterocycles. The molecule has 0 spiro atoms. The number of hydrogen-bond donors (Lipinski definition) is 0. The van der Waals surface area contributed by atoms with Crippen LogP contribution in [-0.4, -0.2) is 35.9 Å². The van der Waals surface area contributed by atoms with E-state index in [0.717, 1.165) is 0 Å². The molecule has 2 atom stereocenters. The lowest BCUT2D eigenvalue weighted by Gasteiger charge is -2.07. The van der Waals surface area contributed by atoms with Gasteiger partial charge in [-0.3, -0.25) is 9.59 Å². The zero-order chi connectivity index (χ0) is 14.7. The van der Waals surface area contributed by atoms with Crippen molar-refractivity contribution in [2.45, 2.75) is 56.7 Å². The molecule has 0 aliphatic rings. The highest BCUT2D eigenvalue weighted by atomic mass is 35.5. The number of halogens is 2. The average Bonchev–Trinajstić information content (AvgIpc) is 2.33. The first kappa shape index (κ1) is 18.5. The minimum Gasteiger partial charge on any atom is -0.466 e. The predicted molar refractivity (Wildman–Crippen MR) is 75.6 cm³/mol. The summed E-state index contributed by atoms with van der Waals surface area (Å²) in [6.07, 6.45) is 2.35. The van der Waals surface area contributed by atoms with Crippen molar-refractivity contribution in [1.82, 2.24) is 0 Å². The Balaban J connectivity index is 3.39. The van der Waals surface area contributed by atoms with Gasteiger partial charge in [0.2, 0.25) is 0 Å². The van der Waals surface area contributed by atoms with Gasteiger partial charge in [0.05, 0.1) is 13.2 Å². The van der Waals surface area contributed by atoms with Gasteiger partial charge in [0, 0.05) is 30.0 Å². The summed E-state index contributed by atoms with van der Waals surface area (Å²) >= 11 is 11.4. The average molecular weight is 313 g/mol. The molecule has 0 saturated carbocycles. The topological polar surface area (TPSA) is 52.6 Å². The first-order chi connectivity index (χ1) is 8.91. The maximum absolute atomic E-state index is 11.2. The summed E-state index contributed by atoms with van der Waals surface area (Å²) in [7, 11) is 0. The van der Waals surface area contributed by atoms with E-state index in [1.807, 2.05) is 13.8 Å². The van der Waals surface area contributed by atoms with E-state index in [9.17, 15) is 9.59 Å². The lowest BCUT2D eigenvalue weighted by Crippen LogP contribution is -2.12. The van der Waals surface area contributed by atoms with Gasteiger partial charge in [0.15, 0.2) is 0 Å². The summed E-state index contributed by atoms with van der Waals surface area (Å²) < 4.78 is 9.92. The third-order valence-electron chi connectivity index (χ3n) is 2.31. The van der Waals surface area contributed by atoms with Crippen LogP contribution in [0.5, 0.6) is 0 Å². The Morgan fingerprint density at radius 2 is 1.26 bits per heavy atom. The van der Waals surface area contributed by atoms with Crippen molar-refractivity contribution < 1.29 is 19.1 Å². The Kier molecular flexibility index (Phi) is 11.1. The maximum atomic E-state index is 11.2. The summed E-state index contributed by atoms with van der Waals surface area (Å²) in [5.41, 5.74) is 0. The molecule has 0 amide bonds. The van der Waals surface area contributed by atoms with Crippen molar-refractivity contribution in [2.24, 2.45) is 0 Å². The lowest BCUT2D eigenvalue weighted by molar-refractivity contribution is -0.146. The molecular formula is C13H22Cl2O4. The molecular weight excluding hydrogens is 291 g/mol. The molecule has 0 aromatic heterocycles. The SMILES string of the molecule is CC(Cl)CCC(=O)OCCCOC(=O)CCC(C)Cl. The molecule has 6 heteroatoms. The van der Waals surface area contributed by atoms with Gasteiger partial charge in [-0.1, -0.05) is 0 Å². The predicted octanol–water partition coefficient (Wildman–Crippen LogP) is 3.28. The van der Waals surface area contributed by atoms with Crippen molar-refractivity contribution in [3.63, 3.8) is 0 Å². The van der Waals surface area contributed by atoms with Gasteiger partial charge in [-0.2, -0.15) is 0 Å². The molecule has 0 bridgehead atoms. The largest absolute Gasteiger partial charge is 0.466 e. The summed E-state index contributed by atoms with van der Waals surface area (Å²) in [5, 5.41) is -0.0596. The third kappa shape index (κ3) is 13.7. The summed E-state index contributed by atoms with van der Waals surface area (Å²) in [5.74, 6) is -0.537. The zero-order valence-electron chi connectivity index (χ0n) is 11.5. The fourth-order valence-corrected chi connectivity index (χ4v) is 1.43. The lowest BCUT2D eigenvalue weighted by atomic mass is 10.2. The molecule has 2 unspecified atom stereocenters. The normalized spacial score (nSPS) is 13.7. The van der Waals surface area contributed by atoms with Gasteiger partial charge in [-0.25, -0.2) is 0 Å². The van der Waals surface area contributed by atoms with E-state index >= 15 is 0 Å². The van der Waals surface area contributed by atoms with Crippen LogP contribution >= 0.6 is 23.2 Å². The molecule has 0 aliphatic heterocycles. The van der Waals surface area contributed by atoms with E-state index in [4.69, 9.17) is 32.7 Å². The summed E-state index contributed by atoms with van der Waals surface area (Å²) in [4.78, 5) is 22.4. The zero-order valence-corrected chi connectivity index (χ0v) is 13.0. The van der Waals surface area contributed by atoms with E-state index in [1.54, 1.807) is 0 Å². The van der Waals surface area contributed by atoms with Gasteiger partial charge < -0.3 is 9.47 Å². The van der Waals surface area contributed by atoms with E-state index in [1.165, 1.54) is 0 Å². The monoisotopic (exact) mass is 312 g/mol. The molecule has 19 heavy (non-hydrogen) atoms. The first-order valence-corrected chi connectivity index (χ1v) is 7.38. The second kappa shape index (κ2) is 11.4. The van der Waals surface area contributed by atoms with Gasteiger partial charge in [-0.05, 0) is 26.7 Å². The van der Waals surface area contributed by atoms with Gasteiger partial charge in [0.1, 0.15) is 0 Å². The van der Waals surface area contributed by atoms with Crippen LogP contribution in [-0.2, 0) is 19.1 Å². The van der Waals surface area contributed by atoms with Crippen LogP contribution in [0.4, 0.5) is 0 Å². The van der Waals surface area contributed by atoms with E-state index in [-0.39, 0.29) is 35.9 Å². The molecule has 0 fully saturated rings. The fourth-order valence-electron chi connectivity index (χ4n) is 1.21. The van der Waals surface area contributed by atoms with Gasteiger partial charge in [-0.15, -0.1) is 23.2 Å². The molecule has 0 radical (unpaired) electrons. The van der Waals surface area contributed by atoms with Crippen LogP contribution in [0, 0.1) is 0 Å². The number of rotatable bonds is 10. The highest BCUT2D eigenvalue weighted by Crippen LogP contribution is 2.06. The highest BCUT2D eigenvalue weighted by Gasteiger charge is 2.07. The highest BCUT2D eigenvalue weighted by molar-refractivity contribution is 6.20. The van der Waals surface area contributed by atoms with E-state index < -0.39 is 0 Å². The minimum absolute atomic E-state index is 0.0298. The fraction of sp³-hybridized carbons (Fsp3) is 0.846. The van der Waals surface area contributed by atoms with Crippen LogP contribution in [0.15, 0.2) is 0 Å². The van der Waals surface area contributed by atoms with Crippen molar-refractivity contribution in [3.05, 3.63) is 0 Å². The van der Waals surface area contributed by atoms with Crippen molar-refractivity contribution in [1.29, 1.82) is 0 Å². The van der Waals surface area contributed by atoms with Crippen LogP contribution in [0.25, 0.3) is 0 Å². The molecule has 0 aromatic rings. The molecule has 0 rings (SSSR count). The third-order valence-corrected chi connectivity index (χ3v) is 2.74. The van der Waals surface area contributed by atoms with E-state index in [2.05, 4.69) is 0 Å². The second-order valence-electron chi connectivity index (χ2n) is 4.43. The summed E-state index contributed by atoms with van der Waals surface area (Å²) in [6, 6.07) is 0. The number of alkyl halides is 2. The Hall–Kier alpha value is -0.480. The van der Waals surface area contributed by atoms with Gasteiger partial charge in [0.25, 0.3) is 0 Å². The Morgan fingerprint density at radius 1 is 0.895 bits per heavy atom. The number of ether oxygens (including phenoxy) is 2. The molecule has 0 aliphatic carbocycles. The van der Waals surface area contributed by atoms with Crippen LogP contribution in [0.3, 0.4) is 0 Å². The van der Waals surface area contributed by atoms with Crippen LogP contribution in [0.1, 0.15) is 46.0 Å². The van der Waals surface area contributed by atoms with Crippen molar-refractivity contribution in [3.8, 4) is 0 Å². The second-order valence-corrected chi connectivity index (χ2v) is 5.92. The Labute approximate surface area is 124 Å². The number of carbonyl (C=O) groups is 2. The maximum Gasteiger partial charge on any atom is 0.305 e. The Morgan fingerprint density at radius 3 is 1.58 bits per heavy atom. The smallest absolute Gasteiger partial charge is 0.305 e. The van der Waals surface area contributed by atoms with Crippen LogP contribution in [0.2, 0.25) is 0 Å².